The van der Waals surface area contributed by atoms with Gasteiger partial charge in [-0.25, -0.2) is 13.2 Å². The summed E-state index contributed by atoms with van der Waals surface area (Å²) in [7, 11) is -3.57. The third-order valence-electron chi connectivity index (χ3n) is 6.79. The highest BCUT2D eigenvalue weighted by atomic mass is 32.2. The van der Waals surface area contributed by atoms with Gasteiger partial charge in [0.25, 0.3) is 0 Å². The fraction of sp³-hybridized carbons (Fsp3) is 0.480. The average Bonchev–Trinajstić information content (AvgIpc) is 3.11. The molecule has 2 aliphatic heterocycles. The van der Waals surface area contributed by atoms with Gasteiger partial charge in [-0.1, -0.05) is 25.0 Å². The van der Waals surface area contributed by atoms with Crippen LogP contribution in [0.2, 0.25) is 0 Å². The molecule has 0 bridgehead atoms. The van der Waals surface area contributed by atoms with E-state index in [9.17, 15) is 13.2 Å². The number of urea groups is 1. The summed E-state index contributed by atoms with van der Waals surface area (Å²) in [6.45, 7) is 7.96. The van der Waals surface area contributed by atoms with Crippen molar-refractivity contribution in [2.75, 3.05) is 49.5 Å². The molecule has 0 saturated carbocycles. The van der Waals surface area contributed by atoms with Crippen molar-refractivity contribution in [3.05, 3.63) is 53.6 Å². The average molecular weight is 471 g/mol. The Morgan fingerprint density at radius 2 is 1.45 bits per heavy atom. The normalized spacial score (nSPS) is 18.1. The van der Waals surface area contributed by atoms with Crippen molar-refractivity contribution in [2.24, 2.45) is 0 Å². The molecule has 2 heterocycles. The highest BCUT2D eigenvalue weighted by Gasteiger charge is 2.29. The van der Waals surface area contributed by atoms with Crippen molar-refractivity contribution < 1.29 is 13.2 Å². The standard InChI is InChI=1S/C25H34N4O3S/c1-20-8-7-9-24(21(20)2)27-16-18-29(19-17-27)33(31,32)23-12-10-22(11-13-23)26-25(30)28-14-5-3-4-6-15-28/h7-13H,3-6,14-19H2,1-2H3,(H,26,30). The fourth-order valence-electron chi connectivity index (χ4n) is 4.58. The predicted molar refractivity (Wildman–Crippen MR) is 132 cm³/mol. The molecule has 1 N–H and O–H groups in total. The van der Waals surface area contributed by atoms with Crippen LogP contribution in [0.3, 0.4) is 0 Å². The second-order valence-electron chi connectivity index (χ2n) is 8.97. The van der Waals surface area contributed by atoms with Crippen molar-refractivity contribution in [3.63, 3.8) is 0 Å². The molecule has 4 rings (SSSR count). The predicted octanol–water partition coefficient (Wildman–Crippen LogP) is 4.22. The van der Waals surface area contributed by atoms with Crippen LogP contribution in [0.5, 0.6) is 0 Å². The molecule has 2 fully saturated rings. The van der Waals surface area contributed by atoms with Crippen LogP contribution in [0, 0.1) is 13.8 Å². The molecule has 0 spiro atoms. The van der Waals surface area contributed by atoms with Crippen LogP contribution in [-0.2, 0) is 10.0 Å². The lowest BCUT2D eigenvalue weighted by atomic mass is 10.1. The number of hydrogen-bond acceptors (Lipinski definition) is 4. The molecule has 0 aliphatic carbocycles. The van der Waals surface area contributed by atoms with E-state index in [0.717, 1.165) is 38.8 Å². The maximum atomic E-state index is 13.2. The molecule has 2 aliphatic rings. The van der Waals surface area contributed by atoms with Gasteiger partial charge in [0.2, 0.25) is 10.0 Å². The molecule has 0 unspecified atom stereocenters. The van der Waals surface area contributed by atoms with Crippen LogP contribution in [-0.4, -0.2) is 62.9 Å². The summed E-state index contributed by atoms with van der Waals surface area (Å²) in [5.41, 5.74) is 4.27. The molecule has 0 aromatic heterocycles. The molecular formula is C25H34N4O3S. The van der Waals surface area contributed by atoms with Crippen molar-refractivity contribution >= 4 is 27.4 Å². The van der Waals surface area contributed by atoms with Gasteiger partial charge >= 0.3 is 6.03 Å². The minimum atomic E-state index is -3.57. The SMILES string of the molecule is Cc1cccc(N2CCN(S(=O)(=O)c3ccc(NC(=O)N4CCCCCC4)cc3)CC2)c1C. The number of rotatable bonds is 4. The number of carbonyl (C=O) groups is 1. The van der Waals surface area contributed by atoms with Crippen LogP contribution >= 0.6 is 0 Å². The first-order valence-electron chi connectivity index (χ1n) is 11.8. The van der Waals surface area contributed by atoms with E-state index in [1.807, 2.05) is 11.0 Å². The number of piperazine rings is 1. The number of nitrogens with one attached hydrogen (secondary N) is 1. The second kappa shape index (κ2) is 10.1. The van der Waals surface area contributed by atoms with Gasteiger partial charge in [0, 0.05) is 50.6 Å². The Labute approximate surface area is 197 Å². The number of anilines is 2. The summed E-state index contributed by atoms with van der Waals surface area (Å²) in [6, 6.07) is 12.7. The van der Waals surface area contributed by atoms with Crippen molar-refractivity contribution in [3.8, 4) is 0 Å². The zero-order valence-corrected chi connectivity index (χ0v) is 20.4. The fourth-order valence-corrected chi connectivity index (χ4v) is 6.01. The van der Waals surface area contributed by atoms with Gasteiger partial charge in [-0.15, -0.1) is 0 Å². The second-order valence-corrected chi connectivity index (χ2v) is 10.9. The smallest absolute Gasteiger partial charge is 0.321 e. The van der Waals surface area contributed by atoms with Gasteiger partial charge < -0.3 is 15.1 Å². The number of nitrogens with zero attached hydrogens (tertiary/aromatic N) is 3. The molecular weight excluding hydrogens is 436 g/mol. The van der Waals surface area contributed by atoms with Crippen LogP contribution in [0.1, 0.15) is 36.8 Å². The number of aryl methyl sites for hydroxylation is 1. The minimum Gasteiger partial charge on any atom is -0.369 e. The lowest BCUT2D eigenvalue weighted by Crippen LogP contribution is -2.48. The van der Waals surface area contributed by atoms with Gasteiger partial charge in [0.15, 0.2) is 0 Å². The van der Waals surface area contributed by atoms with E-state index in [4.69, 9.17) is 0 Å². The Balaban J connectivity index is 1.37. The first-order valence-corrected chi connectivity index (χ1v) is 13.3. The Bertz CT molecular complexity index is 1070. The number of sulfonamides is 1. The highest BCUT2D eigenvalue weighted by Crippen LogP contribution is 2.26. The third-order valence-corrected chi connectivity index (χ3v) is 8.70. The molecule has 8 heteroatoms. The molecule has 2 amide bonds. The van der Waals surface area contributed by atoms with Gasteiger partial charge in [0.05, 0.1) is 4.90 Å². The quantitative estimate of drug-likeness (QED) is 0.726. The molecule has 33 heavy (non-hydrogen) atoms. The minimum absolute atomic E-state index is 0.116. The first-order chi connectivity index (χ1) is 15.9. The third kappa shape index (κ3) is 5.33. The van der Waals surface area contributed by atoms with E-state index < -0.39 is 10.0 Å². The van der Waals surface area contributed by atoms with E-state index in [2.05, 4.69) is 36.2 Å². The van der Waals surface area contributed by atoms with Crippen LogP contribution < -0.4 is 10.2 Å². The largest absolute Gasteiger partial charge is 0.369 e. The lowest BCUT2D eigenvalue weighted by molar-refractivity contribution is 0.214. The highest BCUT2D eigenvalue weighted by molar-refractivity contribution is 7.89. The molecule has 0 atom stereocenters. The summed E-state index contributed by atoms with van der Waals surface area (Å²) in [6.07, 6.45) is 4.38. The molecule has 178 valence electrons. The molecule has 0 radical (unpaired) electrons. The number of amides is 2. The number of carbonyl (C=O) groups excluding carboxylic acids is 1. The summed E-state index contributed by atoms with van der Waals surface area (Å²) in [5, 5.41) is 2.90. The number of benzene rings is 2. The summed E-state index contributed by atoms with van der Waals surface area (Å²) < 4.78 is 27.9. The molecule has 2 saturated heterocycles. The summed E-state index contributed by atoms with van der Waals surface area (Å²) in [4.78, 5) is 16.9. The van der Waals surface area contributed by atoms with Crippen molar-refractivity contribution in [1.82, 2.24) is 9.21 Å². The molecule has 7 nitrogen and oxygen atoms in total. The molecule has 2 aromatic carbocycles. The van der Waals surface area contributed by atoms with Crippen LogP contribution in [0.25, 0.3) is 0 Å². The van der Waals surface area contributed by atoms with E-state index >= 15 is 0 Å². The Hall–Kier alpha value is -2.58. The maximum Gasteiger partial charge on any atom is 0.321 e. The zero-order valence-electron chi connectivity index (χ0n) is 19.6. The lowest BCUT2D eigenvalue weighted by Gasteiger charge is -2.36. The van der Waals surface area contributed by atoms with Crippen molar-refractivity contribution in [2.45, 2.75) is 44.4 Å². The number of likely N-dealkylation sites (tertiary alicyclic amines) is 1. The van der Waals surface area contributed by atoms with Gasteiger partial charge in [-0.05, 0) is 68.1 Å². The molecule has 2 aromatic rings. The Kier molecular flexibility index (Phi) is 7.24. The van der Waals surface area contributed by atoms with Gasteiger partial charge in [-0.3, -0.25) is 0 Å². The van der Waals surface area contributed by atoms with Crippen LogP contribution in [0.15, 0.2) is 47.4 Å². The summed E-state index contributed by atoms with van der Waals surface area (Å²) >= 11 is 0. The Morgan fingerprint density at radius 1 is 0.818 bits per heavy atom. The first kappa shape index (κ1) is 23.6. The topological polar surface area (TPSA) is 73.0 Å². The Morgan fingerprint density at radius 3 is 2.09 bits per heavy atom. The van der Waals surface area contributed by atoms with Crippen molar-refractivity contribution in [1.29, 1.82) is 0 Å². The summed E-state index contributed by atoms with van der Waals surface area (Å²) in [5.74, 6) is 0. The van der Waals surface area contributed by atoms with E-state index in [1.54, 1.807) is 28.6 Å². The zero-order chi connectivity index (χ0) is 23.4. The maximum absolute atomic E-state index is 13.2. The van der Waals surface area contributed by atoms with E-state index in [1.165, 1.54) is 16.8 Å². The van der Waals surface area contributed by atoms with Crippen LogP contribution in [0.4, 0.5) is 16.2 Å². The van der Waals surface area contributed by atoms with E-state index in [0.29, 0.717) is 31.9 Å². The van der Waals surface area contributed by atoms with Gasteiger partial charge in [0.1, 0.15) is 0 Å². The van der Waals surface area contributed by atoms with E-state index in [-0.39, 0.29) is 10.9 Å². The van der Waals surface area contributed by atoms with Gasteiger partial charge in [-0.2, -0.15) is 4.31 Å². The number of hydrogen-bond donors (Lipinski definition) is 1. The monoisotopic (exact) mass is 470 g/mol.